The van der Waals surface area contributed by atoms with Crippen LogP contribution < -0.4 is 0 Å². The van der Waals surface area contributed by atoms with Crippen molar-refractivity contribution in [1.82, 2.24) is 0 Å². The number of hydrogen-bond acceptors (Lipinski definition) is 3. The Kier molecular flexibility index (Phi) is 4.27. The minimum atomic E-state index is -1.09. The standard InChI is InChI=1S/C12H13NO3/c1-9-5-3-6-10(16-2)7-4-8-13-11(9)12(14)15/h3-6,8H,1,7H2,2H3,(H,14,15)/b5-3-,8-4-,10-6+,13-11?. The number of aliphatic carboxylic acids is 1. The lowest BCUT2D eigenvalue weighted by Gasteiger charge is -2.03. The van der Waals surface area contributed by atoms with Gasteiger partial charge in [-0.05, 0) is 6.08 Å². The summed E-state index contributed by atoms with van der Waals surface area (Å²) in [6.45, 7) is 3.64. The normalized spacial score (nSPS) is 23.7. The fraction of sp³-hybridized carbons (Fsp3) is 0.167. The first kappa shape index (κ1) is 12.0. The number of ether oxygens (including phenoxy) is 1. The summed E-state index contributed by atoms with van der Waals surface area (Å²) >= 11 is 0. The molecule has 1 aliphatic heterocycles. The van der Waals surface area contributed by atoms with Gasteiger partial charge in [0.25, 0.3) is 0 Å². The molecule has 4 heteroatoms. The third kappa shape index (κ3) is 3.24. The number of hydrogen-bond donors (Lipinski definition) is 1. The van der Waals surface area contributed by atoms with Crippen LogP contribution in [0.1, 0.15) is 6.42 Å². The van der Waals surface area contributed by atoms with E-state index in [-0.39, 0.29) is 5.71 Å². The third-order valence-corrected chi connectivity index (χ3v) is 1.98. The van der Waals surface area contributed by atoms with Gasteiger partial charge in [-0.2, -0.15) is 0 Å². The summed E-state index contributed by atoms with van der Waals surface area (Å²) in [6.07, 6.45) is 8.79. The van der Waals surface area contributed by atoms with Gasteiger partial charge in [0.05, 0.1) is 12.9 Å². The van der Waals surface area contributed by atoms with Gasteiger partial charge >= 0.3 is 5.97 Å². The van der Waals surface area contributed by atoms with Crippen LogP contribution in [0.4, 0.5) is 0 Å². The smallest absolute Gasteiger partial charge is 0.355 e. The van der Waals surface area contributed by atoms with Crippen molar-refractivity contribution in [2.45, 2.75) is 6.42 Å². The molecule has 1 aliphatic rings. The van der Waals surface area contributed by atoms with Gasteiger partial charge in [0.2, 0.25) is 0 Å². The number of carboxylic acids is 1. The van der Waals surface area contributed by atoms with Gasteiger partial charge in [-0.1, -0.05) is 24.8 Å². The number of carbonyl (C=O) groups is 1. The summed E-state index contributed by atoms with van der Waals surface area (Å²) in [6, 6.07) is 0. The first-order valence-electron chi connectivity index (χ1n) is 4.71. The lowest BCUT2D eigenvalue weighted by molar-refractivity contribution is -0.129. The zero-order valence-corrected chi connectivity index (χ0v) is 9.01. The molecule has 0 saturated carbocycles. The van der Waals surface area contributed by atoms with Gasteiger partial charge in [-0.25, -0.2) is 9.79 Å². The summed E-state index contributed by atoms with van der Waals surface area (Å²) in [5.74, 6) is -0.315. The molecule has 0 amide bonds. The van der Waals surface area contributed by atoms with Crippen molar-refractivity contribution in [3.8, 4) is 0 Å². The maximum atomic E-state index is 10.8. The van der Waals surface area contributed by atoms with Crippen LogP contribution in [0.25, 0.3) is 0 Å². The highest BCUT2D eigenvalue weighted by Crippen LogP contribution is 2.08. The van der Waals surface area contributed by atoms with E-state index < -0.39 is 5.97 Å². The van der Waals surface area contributed by atoms with E-state index in [1.165, 1.54) is 6.20 Å². The Morgan fingerprint density at radius 1 is 1.62 bits per heavy atom. The average Bonchev–Trinajstić information content (AvgIpc) is 2.26. The Morgan fingerprint density at radius 2 is 2.38 bits per heavy atom. The van der Waals surface area contributed by atoms with Crippen LogP contribution in [0, 0.1) is 0 Å². The summed E-state index contributed by atoms with van der Waals surface area (Å²) in [7, 11) is 1.58. The quantitative estimate of drug-likeness (QED) is 0.773. The predicted octanol–water partition coefficient (Wildman–Crippen LogP) is 2.07. The molecule has 4 nitrogen and oxygen atoms in total. The molecule has 0 aromatic carbocycles. The molecule has 0 spiro atoms. The van der Waals surface area contributed by atoms with Crippen molar-refractivity contribution in [2.24, 2.45) is 4.99 Å². The number of carboxylic acid groups (broad SMARTS) is 1. The topological polar surface area (TPSA) is 58.9 Å². The van der Waals surface area contributed by atoms with Crippen LogP contribution in [-0.2, 0) is 9.53 Å². The summed E-state index contributed by atoms with van der Waals surface area (Å²) in [5.41, 5.74) is 0.299. The molecular weight excluding hydrogens is 206 g/mol. The first-order chi connectivity index (χ1) is 7.65. The van der Waals surface area contributed by atoms with Crippen LogP contribution in [0.15, 0.2) is 53.4 Å². The highest BCUT2D eigenvalue weighted by Gasteiger charge is 2.10. The Labute approximate surface area is 94.0 Å². The van der Waals surface area contributed by atoms with E-state index in [1.54, 1.807) is 31.4 Å². The largest absolute Gasteiger partial charge is 0.501 e. The zero-order chi connectivity index (χ0) is 12.0. The number of rotatable bonds is 2. The molecular formula is C12H13NO3. The highest BCUT2D eigenvalue weighted by atomic mass is 16.5. The van der Waals surface area contributed by atoms with Crippen LogP contribution >= 0.6 is 0 Å². The van der Waals surface area contributed by atoms with E-state index in [9.17, 15) is 4.79 Å². The van der Waals surface area contributed by atoms with Crippen LogP contribution in [0.2, 0.25) is 0 Å². The maximum Gasteiger partial charge on any atom is 0.355 e. The number of methoxy groups -OCH3 is 1. The third-order valence-electron chi connectivity index (χ3n) is 1.98. The van der Waals surface area contributed by atoms with Gasteiger partial charge in [0, 0.05) is 18.2 Å². The van der Waals surface area contributed by atoms with Gasteiger partial charge in [-0.15, -0.1) is 0 Å². The molecule has 1 heterocycles. The molecule has 0 atom stereocenters. The van der Waals surface area contributed by atoms with Crippen molar-refractivity contribution < 1.29 is 14.6 Å². The molecule has 0 aromatic heterocycles. The highest BCUT2D eigenvalue weighted by molar-refractivity contribution is 6.43. The van der Waals surface area contributed by atoms with Crippen molar-refractivity contribution in [2.75, 3.05) is 7.11 Å². The molecule has 0 unspecified atom stereocenters. The van der Waals surface area contributed by atoms with Crippen molar-refractivity contribution in [3.63, 3.8) is 0 Å². The van der Waals surface area contributed by atoms with Gasteiger partial charge < -0.3 is 9.84 Å². The molecule has 16 heavy (non-hydrogen) atoms. The van der Waals surface area contributed by atoms with Crippen molar-refractivity contribution >= 4 is 11.7 Å². The van der Waals surface area contributed by atoms with Gasteiger partial charge in [0.15, 0.2) is 5.71 Å². The first-order valence-corrected chi connectivity index (χ1v) is 4.71. The summed E-state index contributed by atoms with van der Waals surface area (Å²) in [4.78, 5) is 14.7. The minimum Gasteiger partial charge on any atom is -0.501 e. The number of nitrogens with zero attached hydrogens (tertiary/aromatic N) is 1. The van der Waals surface area contributed by atoms with Crippen LogP contribution in [0.3, 0.4) is 0 Å². The van der Waals surface area contributed by atoms with Gasteiger partial charge in [0.1, 0.15) is 0 Å². The molecule has 84 valence electrons. The fourth-order valence-electron chi connectivity index (χ4n) is 1.14. The minimum absolute atomic E-state index is 0.0539. The second kappa shape index (κ2) is 5.70. The predicted molar refractivity (Wildman–Crippen MR) is 62.2 cm³/mol. The Morgan fingerprint density at radius 3 is 3.00 bits per heavy atom. The number of aliphatic imine (C=N–C) groups is 1. The Bertz CT molecular complexity index is 414. The van der Waals surface area contributed by atoms with Crippen LogP contribution in [-0.4, -0.2) is 23.9 Å². The molecule has 0 bridgehead atoms. The van der Waals surface area contributed by atoms with Crippen molar-refractivity contribution in [3.05, 3.63) is 48.4 Å². The SMILES string of the molecule is C=C1/C=C\C=C(\OC)C/C=C\N=C1C(=O)O. The van der Waals surface area contributed by atoms with Gasteiger partial charge in [-0.3, -0.25) is 0 Å². The second-order valence-electron chi connectivity index (χ2n) is 3.09. The molecule has 0 aliphatic carbocycles. The lowest BCUT2D eigenvalue weighted by Crippen LogP contribution is -2.13. The van der Waals surface area contributed by atoms with E-state index >= 15 is 0 Å². The monoisotopic (exact) mass is 219 g/mol. The van der Waals surface area contributed by atoms with E-state index in [2.05, 4.69) is 11.6 Å². The Balaban J connectivity index is 3.00. The molecule has 1 rings (SSSR count). The molecule has 0 radical (unpaired) electrons. The number of allylic oxidation sites excluding steroid dienone is 4. The molecule has 0 fully saturated rings. The fourth-order valence-corrected chi connectivity index (χ4v) is 1.14. The van der Waals surface area contributed by atoms with E-state index in [0.29, 0.717) is 12.0 Å². The van der Waals surface area contributed by atoms with E-state index in [4.69, 9.17) is 9.84 Å². The zero-order valence-electron chi connectivity index (χ0n) is 9.01. The average molecular weight is 219 g/mol. The molecule has 1 N–H and O–H groups in total. The maximum absolute atomic E-state index is 10.8. The molecule has 0 saturated heterocycles. The van der Waals surface area contributed by atoms with E-state index in [0.717, 1.165) is 5.76 Å². The summed E-state index contributed by atoms with van der Waals surface area (Å²) in [5, 5.41) is 8.89. The van der Waals surface area contributed by atoms with Crippen molar-refractivity contribution in [1.29, 1.82) is 0 Å². The van der Waals surface area contributed by atoms with E-state index in [1.807, 2.05) is 0 Å². The Hall–Kier alpha value is -2.10. The van der Waals surface area contributed by atoms with Crippen LogP contribution in [0.5, 0.6) is 0 Å². The summed E-state index contributed by atoms with van der Waals surface area (Å²) < 4.78 is 5.10. The molecule has 0 aromatic rings. The second-order valence-corrected chi connectivity index (χ2v) is 3.09. The lowest BCUT2D eigenvalue weighted by atomic mass is 10.1.